The van der Waals surface area contributed by atoms with E-state index in [0.717, 1.165) is 22.4 Å². The van der Waals surface area contributed by atoms with Crippen LogP contribution in [-0.4, -0.2) is 13.0 Å². The molecule has 1 aliphatic heterocycles. The number of rotatable bonds is 2. The van der Waals surface area contributed by atoms with Crippen LogP contribution < -0.4 is 4.90 Å². The van der Waals surface area contributed by atoms with Crippen molar-refractivity contribution in [2.45, 2.75) is 18.8 Å². The van der Waals surface area contributed by atoms with Gasteiger partial charge in [-0.25, -0.2) is 0 Å². The van der Waals surface area contributed by atoms with Gasteiger partial charge in [0, 0.05) is 24.7 Å². The van der Waals surface area contributed by atoms with Crippen LogP contribution in [0.4, 0.5) is 5.69 Å². The lowest BCUT2D eigenvalue weighted by atomic mass is 9.73. The number of likely N-dealkylation sites (N-methyl/N-ethyl adjacent to an activating group) is 1. The molecule has 0 aromatic heterocycles. The van der Waals surface area contributed by atoms with Gasteiger partial charge in [-0.05, 0) is 36.2 Å². The SMILES string of the molecule is Cc1ccc(C2(CC#Cc3ccccc3)C(=O)N(C)c3ccccc32)cc1. The van der Waals surface area contributed by atoms with Crippen LogP contribution in [0.5, 0.6) is 0 Å². The molecule has 1 heterocycles. The molecule has 4 rings (SSSR count). The van der Waals surface area contributed by atoms with Crippen LogP contribution in [0.3, 0.4) is 0 Å². The third-order valence-electron chi connectivity index (χ3n) is 5.30. The lowest BCUT2D eigenvalue weighted by Gasteiger charge is -2.27. The predicted molar refractivity (Wildman–Crippen MR) is 110 cm³/mol. The quantitative estimate of drug-likeness (QED) is 0.613. The highest BCUT2D eigenvalue weighted by molar-refractivity contribution is 6.10. The maximum Gasteiger partial charge on any atom is 0.242 e. The summed E-state index contributed by atoms with van der Waals surface area (Å²) in [6, 6.07) is 26.2. The Bertz CT molecular complexity index is 1040. The lowest BCUT2D eigenvalue weighted by Crippen LogP contribution is -2.39. The molecule has 0 fully saturated rings. The molecule has 3 aromatic carbocycles. The zero-order valence-electron chi connectivity index (χ0n) is 15.6. The second kappa shape index (κ2) is 6.78. The van der Waals surface area contributed by atoms with Crippen LogP contribution in [0.1, 0.15) is 28.7 Å². The maximum absolute atomic E-state index is 13.5. The maximum atomic E-state index is 13.5. The van der Waals surface area contributed by atoms with Crippen molar-refractivity contribution < 1.29 is 4.79 Å². The average molecular weight is 351 g/mol. The third kappa shape index (κ3) is 2.82. The first-order valence-electron chi connectivity index (χ1n) is 9.12. The number of benzene rings is 3. The van der Waals surface area contributed by atoms with Gasteiger partial charge in [0.25, 0.3) is 0 Å². The smallest absolute Gasteiger partial charge is 0.242 e. The zero-order valence-corrected chi connectivity index (χ0v) is 15.6. The molecule has 1 unspecified atom stereocenters. The molecule has 1 atom stereocenters. The molecule has 132 valence electrons. The Balaban J connectivity index is 1.86. The first-order chi connectivity index (χ1) is 13.1. The van der Waals surface area contributed by atoms with Crippen molar-refractivity contribution in [3.8, 4) is 11.8 Å². The summed E-state index contributed by atoms with van der Waals surface area (Å²) < 4.78 is 0. The number of para-hydroxylation sites is 1. The van der Waals surface area contributed by atoms with E-state index in [9.17, 15) is 4.79 Å². The van der Waals surface area contributed by atoms with E-state index in [0.29, 0.717) is 6.42 Å². The second-order valence-electron chi connectivity index (χ2n) is 7.00. The number of carbonyl (C=O) groups excluding carboxylic acids is 1. The molecule has 0 aliphatic carbocycles. The Labute approximate surface area is 160 Å². The Kier molecular flexibility index (Phi) is 4.30. The minimum Gasteiger partial charge on any atom is -0.314 e. The molecule has 0 saturated carbocycles. The van der Waals surface area contributed by atoms with E-state index in [4.69, 9.17) is 0 Å². The van der Waals surface area contributed by atoms with Gasteiger partial charge in [-0.1, -0.05) is 78.1 Å². The largest absolute Gasteiger partial charge is 0.314 e. The normalized spacial score (nSPS) is 18.0. The average Bonchev–Trinajstić information content (AvgIpc) is 2.92. The summed E-state index contributed by atoms with van der Waals surface area (Å²) in [6.07, 6.45) is 0.450. The van der Waals surface area contributed by atoms with Gasteiger partial charge >= 0.3 is 0 Å². The van der Waals surface area contributed by atoms with E-state index < -0.39 is 5.41 Å². The standard InChI is InChI=1S/C25H21NO/c1-19-14-16-21(17-15-19)25(18-8-11-20-9-4-3-5-10-20)22-12-6-7-13-23(22)26(2)24(25)27/h3-7,9-10,12-17H,18H2,1-2H3. The molecular weight excluding hydrogens is 330 g/mol. The van der Waals surface area contributed by atoms with E-state index in [1.807, 2.05) is 55.6 Å². The van der Waals surface area contributed by atoms with Crippen LogP contribution >= 0.6 is 0 Å². The van der Waals surface area contributed by atoms with Gasteiger partial charge in [0.05, 0.1) is 0 Å². The van der Waals surface area contributed by atoms with Crippen molar-refractivity contribution >= 4 is 11.6 Å². The van der Waals surface area contributed by atoms with Crippen molar-refractivity contribution in [1.82, 2.24) is 0 Å². The summed E-state index contributed by atoms with van der Waals surface area (Å²) in [5.74, 6) is 6.59. The van der Waals surface area contributed by atoms with Gasteiger partial charge in [0.15, 0.2) is 0 Å². The molecule has 1 aliphatic rings. The Morgan fingerprint density at radius 2 is 1.56 bits per heavy atom. The molecule has 0 saturated heterocycles. The highest BCUT2D eigenvalue weighted by Crippen LogP contribution is 2.47. The van der Waals surface area contributed by atoms with E-state index in [1.54, 1.807) is 4.90 Å². The van der Waals surface area contributed by atoms with Gasteiger partial charge in [0.1, 0.15) is 5.41 Å². The van der Waals surface area contributed by atoms with Gasteiger partial charge in [-0.2, -0.15) is 0 Å². The molecule has 2 heteroatoms. The Morgan fingerprint density at radius 1 is 0.889 bits per heavy atom. The highest BCUT2D eigenvalue weighted by Gasteiger charge is 2.50. The summed E-state index contributed by atoms with van der Waals surface area (Å²) in [4.78, 5) is 15.2. The van der Waals surface area contributed by atoms with Crippen molar-refractivity contribution in [2.24, 2.45) is 0 Å². The molecule has 0 radical (unpaired) electrons. The molecular formula is C25H21NO. The van der Waals surface area contributed by atoms with E-state index in [1.165, 1.54) is 5.56 Å². The highest BCUT2D eigenvalue weighted by atomic mass is 16.2. The fourth-order valence-corrected chi connectivity index (χ4v) is 3.83. The summed E-state index contributed by atoms with van der Waals surface area (Å²) in [5.41, 5.74) is 4.37. The van der Waals surface area contributed by atoms with Crippen LogP contribution in [0.15, 0.2) is 78.9 Å². The zero-order chi connectivity index (χ0) is 18.9. The molecule has 2 nitrogen and oxygen atoms in total. The second-order valence-corrected chi connectivity index (χ2v) is 7.00. The van der Waals surface area contributed by atoms with Crippen molar-refractivity contribution in [1.29, 1.82) is 0 Å². The van der Waals surface area contributed by atoms with Crippen LogP contribution in [0, 0.1) is 18.8 Å². The molecule has 27 heavy (non-hydrogen) atoms. The fourth-order valence-electron chi connectivity index (χ4n) is 3.83. The van der Waals surface area contributed by atoms with Crippen LogP contribution in [-0.2, 0) is 10.2 Å². The van der Waals surface area contributed by atoms with Crippen LogP contribution in [0.25, 0.3) is 0 Å². The van der Waals surface area contributed by atoms with E-state index >= 15 is 0 Å². The summed E-state index contributed by atoms with van der Waals surface area (Å²) >= 11 is 0. The van der Waals surface area contributed by atoms with E-state index in [2.05, 4.69) is 49.1 Å². The number of amides is 1. The number of nitrogens with zero attached hydrogens (tertiary/aromatic N) is 1. The van der Waals surface area contributed by atoms with Crippen LogP contribution in [0.2, 0.25) is 0 Å². The molecule has 1 amide bonds. The number of fused-ring (bicyclic) bond motifs is 1. The van der Waals surface area contributed by atoms with Crippen molar-refractivity contribution in [2.75, 3.05) is 11.9 Å². The summed E-state index contributed by atoms with van der Waals surface area (Å²) in [5, 5.41) is 0. The molecule has 3 aromatic rings. The minimum absolute atomic E-state index is 0.0786. The third-order valence-corrected chi connectivity index (χ3v) is 5.30. The topological polar surface area (TPSA) is 20.3 Å². The Hall–Kier alpha value is -3.31. The van der Waals surface area contributed by atoms with Gasteiger partial charge in [0.2, 0.25) is 5.91 Å². The van der Waals surface area contributed by atoms with Crippen molar-refractivity contribution in [3.05, 3.63) is 101 Å². The Morgan fingerprint density at radius 3 is 2.30 bits per heavy atom. The number of anilines is 1. The molecule has 0 bridgehead atoms. The fraction of sp³-hybridized carbons (Fsp3) is 0.160. The number of carbonyl (C=O) groups is 1. The predicted octanol–water partition coefficient (Wildman–Crippen LogP) is 4.70. The summed E-state index contributed by atoms with van der Waals surface area (Å²) in [6.45, 7) is 2.06. The first-order valence-corrected chi connectivity index (χ1v) is 9.12. The van der Waals surface area contributed by atoms with Crippen molar-refractivity contribution in [3.63, 3.8) is 0 Å². The molecule has 0 spiro atoms. The van der Waals surface area contributed by atoms with Gasteiger partial charge < -0.3 is 4.90 Å². The van der Waals surface area contributed by atoms with Gasteiger partial charge in [-0.3, -0.25) is 4.79 Å². The van der Waals surface area contributed by atoms with E-state index in [-0.39, 0.29) is 5.91 Å². The number of aryl methyl sites for hydroxylation is 1. The number of hydrogen-bond acceptors (Lipinski definition) is 1. The lowest BCUT2D eigenvalue weighted by molar-refractivity contribution is -0.121. The summed E-state index contributed by atoms with van der Waals surface area (Å²) in [7, 11) is 1.85. The number of hydrogen-bond donors (Lipinski definition) is 0. The first kappa shape index (κ1) is 17.1. The van der Waals surface area contributed by atoms with Gasteiger partial charge in [-0.15, -0.1) is 0 Å². The molecule has 0 N–H and O–H groups in total. The monoisotopic (exact) mass is 351 g/mol. The minimum atomic E-state index is -0.763.